The number of phenolic OH excluding ortho intramolecular Hbond substituents is 1. The Morgan fingerprint density at radius 3 is 1.84 bits per heavy atom. The molecule has 7 nitrogen and oxygen atoms in total. The first-order valence-corrected chi connectivity index (χ1v) is 16.6. The molecule has 236 valence electrons. The molecule has 0 aliphatic heterocycles. The van der Waals surface area contributed by atoms with E-state index in [1.165, 1.54) is 16.7 Å². The number of carbonyl (C=O) groups is 3. The highest BCUT2D eigenvalue weighted by atomic mass is 16.3. The molecule has 4 aliphatic rings. The Morgan fingerprint density at radius 1 is 0.773 bits per heavy atom. The third-order valence-corrected chi connectivity index (χ3v) is 12.6. The van der Waals surface area contributed by atoms with Crippen LogP contribution in [0.1, 0.15) is 108 Å². The molecule has 6 atom stereocenters. The Kier molecular flexibility index (Phi) is 7.71. The van der Waals surface area contributed by atoms with Crippen LogP contribution in [0.5, 0.6) is 5.75 Å². The molecule has 0 radical (unpaired) electrons. The van der Waals surface area contributed by atoms with Gasteiger partial charge in [-0.2, -0.15) is 0 Å². The van der Waals surface area contributed by atoms with E-state index in [9.17, 15) is 19.5 Å². The molecule has 4 aliphatic carbocycles. The van der Waals surface area contributed by atoms with Gasteiger partial charge in [-0.25, -0.2) is 0 Å². The fraction of sp³-hybridized carbons (Fsp3) is 0.595. The van der Waals surface area contributed by atoms with Crippen LogP contribution in [0.15, 0.2) is 36.4 Å². The first kappa shape index (κ1) is 30.8. The van der Waals surface area contributed by atoms with Crippen molar-refractivity contribution >= 4 is 23.4 Å². The number of aliphatic hydroxyl groups excluding tert-OH is 1. The van der Waals surface area contributed by atoms with Crippen LogP contribution in [0.3, 0.4) is 0 Å². The average Bonchev–Trinajstić information content (AvgIpc) is 2.97. The smallest absolute Gasteiger partial charge is 0.232 e. The highest BCUT2D eigenvalue weighted by Gasteiger charge is 2.58. The SMILES string of the molecule is C[C@]1(C(=O)NC(=O)[C@@]2(C)CCC[C@]3(C)c4cc(O)ccc4CC[C@@H]23)CCC[C@]2(C)c3cc(NC(=O)CCO)ccc3CCC12. The van der Waals surface area contributed by atoms with Gasteiger partial charge in [0.2, 0.25) is 17.7 Å². The molecule has 2 aromatic carbocycles. The maximum atomic E-state index is 14.3. The van der Waals surface area contributed by atoms with Gasteiger partial charge in [-0.05, 0) is 121 Å². The molecule has 0 saturated heterocycles. The summed E-state index contributed by atoms with van der Waals surface area (Å²) in [4.78, 5) is 40.8. The number of fused-ring (bicyclic) bond motifs is 6. The van der Waals surface area contributed by atoms with Crippen molar-refractivity contribution in [2.24, 2.45) is 22.7 Å². The van der Waals surface area contributed by atoms with Crippen LogP contribution in [0.2, 0.25) is 0 Å². The summed E-state index contributed by atoms with van der Waals surface area (Å²) in [6, 6.07) is 11.8. The standard InChI is InChI=1S/C37H48N2O5/c1-34-16-5-18-36(3,29(34)13-9-23-7-11-25(21-27(23)34)38-31(42)15-20-40)32(43)39-33(44)37(4)19-6-17-35(2)28-22-26(41)12-8-24(28)10-14-30(35)37/h7-8,11-12,21-22,29-30,40-41H,5-6,9-10,13-20H2,1-4H3,(H,38,42)(H,39,43,44)/t29?,30-,34-,35-,36+,37+/m1/s1. The Balaban J connectivity index is 1.25. The predicted octanol–water partition coefficient (Wildman–Crippen LogP) is 6.08. The summed E-state index contributed by atoms with van der Waals surface area (Å²) < 4.78 is 0. The van der Waals surface area contributed by atoms with Crippen LogP contribution in [0.4, 0.5) is 5.69 Å². The van der Waals surface area contributed by atoms with E-state index in [1.54, 1.807) is 6.07 Å². The van der Waals surface area contributed by atoms with E-state index in [0.29, 0.717) is 5.69 Å². The van der Waals surface area contributed by atoms with E-state index >= 15 is 0 Å². The first-order valence-electron chi connectivity index (χ1n) is 16.6. The summed E-state index contributed by atoms with van der Waals surface area (Å²) in [5, 5.41) is 25.4. The molecule has 2 aromatic rings. The van der Waals surface area contributed by atoms with Crippen LogP contribution in [0, 0.1) is 22.7 Å². The molecule has 4 N–H and O–H groups in total. The minimum atomic E-state index is -0.699. The van der Waals surface area contributed by atoms with Crippen molar-refractivity contribution in [3.63, 3.8) is 0 Å². The summed E-state index contributed by atoms with van der Waals surface area (Å²) in [7, 11) is 0. The number of anilines is 1. The number of carbonyl (C=O) groups excluding carboxylic acids is 3. The zero-order valence-electron chi connectivity index (χ0n) is 26.7. The Hall–Kier alpha value is -3.19. The number of imide groups is 1. The number of aliphatic hydroxyl groups is 1. The predicted molar refractivity (Wildman–Crippen MR) is 170 cm³/mol. The molecule has 44 heavy (non-hydrogen) atoms. The van der Waals surface area contributed by atoms with Gasteiger partial charge < -0.3 is 15.5 Å². The topological polar surface area (TPSA) is 116 Å². The van der Waals surface area contributed by atoms with E-state index in [0.717, 1.165) is 69.8 Å². The molecule has 0 heterocycles. The lowest BCUT2D eigenvalue weighted by Gasteiger charge is -2.56. The van der Waals surface area contributed by atoms with Gasteiger partial charge in [-0.3, -0.25) is 19.7 Å². The number of phenols is 1. The Morgan fingerprint density at radius 2 is 1.30 bits per heavy atom. The second-order valence-electron chi connectivity index (χ2n) is 15.1. The molecule has 6 rings (SSSR count). The van der Waals surface area contributed by atoms with E-state index < -0.39 is 10.8 Å². The van der Waals surface area contributed by atoms with Crippen molar-refractivity contribution in [2.75, 3.05) is 11.9 Å². The van der Waals surface area contributed by atoms with Crippen molar-refractivity contribution in [3.05, 3.63) is 58.7 Å². The number of benzene rings is 2. The lowest BCUT2D eigenvalue weighted by molar-refractivity contribution is -0.150. The van der Waals surface area contributed by atoms with E-state index in [1.807, 2.05) is 18.2 Å². The van der Waals surface area contributed by atoms with Gasteiger partial charge in [0.05, 0.1) is 23.9 Å². The van der Waals surface area contributed by atoms with Crippen molar-refractivity contribution in [1.29, 1.82) is 0 Å². The Labute approximate surface area is 261 Å². The molecular weight excluding hydrogens is 552 g/mol. The highest BCUT2D eigenvalue weighted by molar-refractivity contribution is 6.01. The number of aryl methyl sites for hydroxylation is 2. The maximum absolute atomic E-state index is 14.3. The summed E-state index contributed by atoms with van der Waals surface area (Å²) >= 11 is 0. The van der Waals surface area contributed by atoms with Crippen molar-refractivity contribution < 1.29 is 24.6 Å². The molecule has 0 aromatic heterocycles. The van der Waals surface area contributed by atoms with E-state index in [2.05, 4.69) is 50.5 Å². The Bertz CT molecular complexity index is 1500. The molecular formula is C37H48N2O5. The third-order valence-electron chi connectivity index (χ3n) is 12.6. The normalized spacial score (nSPS) is 34.0. The van der Waals surface area contributed by atoms with Gasteiger partial charge >= 0.3 is 0 Å². The highest BCUT2D eigenvalue weighted by Crippen LogP contribution is 2.59. The molecule has 7 heteroatoms. The van der Waals surface area contributed by atoms with Crippen LogP contribution in [0.25, 0.3) is 0 Å². The first-order chi connectivity index (χ1) is 20.8. The van der Waals surface area contributed by atoms with E-state index in [-0.39, 0.29) is 59.2 Å². The number of nitrogens with one attached hydrogen (secondary N) is 2. The second kappa shape index (κ2) is 11.0. The second-order valence-corrected chi connectivity index (χ2v) is 15.1. The monoisotopic (exact) mass is 600 g/mol. The zero-order valence-corrected chi connectivity index (χ0v) is 26.7. The number of hydrogen-bond donors (Lipinski definition) is 4. The summed E-state index contributed by atoms with van der Waals surface area (Å²) in [6.45, 7) is 8.42. The summed E-state index contributed by atoms with van der Waals surface area (Å²) in [5.41, 5.74) is 3.68. The van der Waals surface area contributed by atoms with Gasteiger partial charge in [-0.15, -0.1) is 0 Å². The third kappa shape index (κ3) is 4.77. The van der Waals surface area contributed by atoms with Gasteiger partial charge in [0.1, 0.15) is 5.75 Å². The zero-order chi connectivity index (χ0) is 31.5. The van der Waals surface area contributed by atoms with Crippen LogP contribution < -0.4 is 10.6 Å². The van der Waals surface area contributed by atoms with Gasteiger partial charge in [0.25, 0.3) is 0 Å². The average molecular weight is 601 g/mol. The van der Waals surface area contributed by atoms with Crippen LogP contribution in [-0.2, 0) is 38.1 Å². The number of amides is 3. The van der Waals surface area contributed by atoms with Gasteiger partial charge in [-0.1, -0.05) is 52.7 Å². The molecule has 3 amide bonds. The number of hydrogen-bond acceptors (Lipinski definition) is 5. The summed E-state index contributed by atoms with van der Waals surface area (Å²) in [5.74, 6) is -0.128. The molecule has 0 bridgehead atoms. The fourth-order valence-corrected chi connectivity index (χ4v) is 10.2. The van der Waals surface area contributed by atoms with Crippen LogP contribution >= 0.6 is 0 Å². The maximum Gasteiger partial charge on any atom is 0.232 e. The summed E-state index contributed by atoms with van der Waals surface area (Å²) in [6.07, 6.45) is 8.69. The van der Waals surface area contributed by atoms with Gasteiger partial charge in [0.15, 0.2) is 0 Å². The molecule has 1 unspecified atom stereocenters. The quantitative estimate of drug-likeness (QED) is 0.311. The van der Waals surface area contributed by atoms with Crippen molar-refractivity contribution in [3.8, 4) is 5.75 Å². The lowest BCUT2D eigenvalue weighted by Crippen LogP contribution is -2.60. The fourth-order valence-electron chi connectivity index (χ4n) is 10.2. The number of rotatable bonds is 5. The molecule has 2 fully saturated rings. The minimum absolute atomic E-state index is 0.0527. The largest absolute Gasteiger partial charge is 0.508 e. The van der Waals surface area contributed by atoms with Crippen LogP contribution in [-0.4, -0.2) is 34.5 Å². The molecule has 0 spiro atoms. The molecule has 2 saturated carbocycles. The minimum Gasteiger partial charge on any atom is -0.508 e. The number of aromatic hydroxyl groups is 1. The van der Waals surface area contributed by atoms with E-state index in [4.69, 9.17) is 5.11 Å². The lowest BCUT2D eigenvalue weighted by atomic mass is 9.49. The van der Waals surface area contributed by atoms with Crippen molar-refractivity contribution in [1.82, 2.24) is 5.32 Å². The van der Waals surface area contributed by atoms with Gasteiger partial charge in [0, 0.05) is 5.69 Å². The van der Waals surface area contributed by atoms with Crippen molar-refractivity contribution in [2.45, 2.75) is 109 Å².